The quantitative estimate of drug-likeness (QED) is 0.622. The van der Waals surface area contributed by atoms with Crippen molar-refractivity contribution in [3.8, 4) is 6.07 Å². The molecule has 0 bridgehead atoms. The molecule has 0 aliphatic carbocycles. The molecule has 0 spiro atoms. The Morgan fingerprint density at radius 1 is 1.53 bits per heavy atom. The van der Waals surface area contributed by atoms with E-state index in [0.717, 1.165) is 6.42 Å². The number of nitriles is 1. The van der Waals surface area contributed by atoms with Crippen molar-refractivity contribution in [1.82, 2.24) is 5.32 Å². The number of nitrogens with zero attached hydrogens (tertiary/aromatic N) is 1. The van der Waals surface area contributed by atoms with Gasteiger partial charge in [0.2, 0.25) is 5.91 Å². The summed E-state index contributed by atoms with van der Waals surface area (Å²) in [7, 11) is 0. The van der Waals surface area contributed by atoms with Crippen molar-refractivity contribution < 1.29 is 9.53 Å². The van der Waals surface area contributed by atoms with Crippen LogP contribution in [-0.2, 0) is 9.53 Å². The summed E-state index contributed by atoms with van der Waals surface area (Å²) in [6.07, 6.45) is 2.76. The van der Waals surface area contributed by atoms with Crippen molar-refractivity contribution in [2.24, 2.45) is 0 Å². The summed E-state index contributed by atoms with van der Waals surface area (Å²) in [6, 6.07) is 1.73. The van der Waals surface area contributed by atoms with E-state index >= 15 is 0 Å². The topological polar surface area (TPSA) is 62.1 Å². The van der Waals surface area contributed by atoms with Crippen LogP contribution in [0.3, 0.4) is 0 Å². The van der Waals surface area contributed by atoms with Gasteiger partial charge in [0.15, 0.2) is 0 Å². The largest absolute Gasteiger partial charge is 0.382 e. The molecule has 1 amide bonds. The highest BCUT2D eigenvalue weighted by Crippen LogP contribution is 1.97. The van der Waals surface area contributed by atoms with Crippen molar-refractivity contribution in [2.75, 3.05) is 13.2 Å². The van der Waals surface area contributed by atoms with E-state index in [2.05, 4.69) is 11.4 Å². The fraction of sp³-hybridized carbons (Fsp3) is 0.818. The Labute approximate surface area is 91.6 Å². The second kappa shape index (κ2) is 9.47. The number of rotatable bonds is 8. The van der Waals surface area contributed by atoms with E-state index in [-0.39, 0.29) is 11.9 Å². The van der Waals surface area contributed by atoms with Crippen LogP contribution in [0.15, 0.2) is 0 Å². The minimum atomic E-state index is -0.338. The second-order valence-electron chi connectivity index (χ2n) is 3.34. The van der Waals surface area contributed by atoms with Gasteiger partial charge in [-0.1, -0.05) is 13.3 Å². The second-order valence-corrected chi connectivity index (χ2v) is 3.34. The average Bonchev–Trinajstić information content (AvgIpc) is 2.24. The summed E-state index contributed by atoms with van der Waals surface area (Å²) in [5.41, 5.74) is 0. The first-order chi connectivity index (χ1) is 7.24. The first-order valence-electron chi connectivity index (χ1n) is 5.51. The minimum absolute atomic E-state index is 0.0605. The molecule has 0 aliphatic rings. The first kappa shape index (κ1) is 13.9. The molecule has 1 unspecified atom stereocenters. The van der Waals surface area contributed by atoms with E-state index in [4.69, 9.17) is 10.00 Å². The zero-order valence-corrected chi connectivity index (χ0v) is 9.58. The van der Waals surface area contributed by atoms with Gasteiger partial charge < -0.3 is 10.1 Å². The molecule has 0 saturated carbocycles. The molecule has 86 valence electrons. The van der Waals surface area contributed by atoms with Crippen molar-refractivity contribution in [3.63, 3.8) is 0 Å². The Kier molecular flexibility index (Phi) is 8.79. The number of amides is 1. The molecule has 4 heteroatoms. The molecular weight excluding hydrogens is 192 g/mol. The van der Waals surface area contributed by atoms with Gasteiger partial charge in [-0.05, 0) is 19.8 Å². The first-order valence-corrected chi connectivity index (χ1v) is 5.51. The van der Waals surface area contributed by atoms with Gasteiger partial charge in [0.05, 0.1) is 6.07 Å². The lowest BCUT2D eigenvalue weighted by Gasteiger charge is -2.10. The van der Waals surface area contributed by atoms with Gasteiger partial charge in [0.25, 0.3) is 0 Å². The van der Waals surface area contributed by atoms with Crippen LogP contribution in [0.25, 0.3) is 0 Å². The number of nitrogens with one attached hydrogen (secondary N) is 1. The molecule has 1 N–H and O–H groups in total. The van der Waals surface area contributed by atoms with Gasteiger partial charge in [0, 0.05) is 19.6 Å². The van der Waals surface area contributed by atoms with Crippen molar-refractivity contribution in [2.45, 2.75) is 45.6 Å². The molecule has 0 saturated heterocycles. The molecule has 0 aromatic heterocycles. The summed E-state index contributed by atoms with van der Waals surface area (Å²) in [4.78, 5) is 11.3. The van der Waals surface area contributed by atoms with E-state index in [0.29, 0.717) is 32.5 Å². The third kappa shape index (κ3) is 7.95. The molecular formula is C11H20N2O2. The van der Waals surface area contributed by atoms with Gasteiger partial charge in [-0.2, -0.15) is 5.26 Å². The Morgan fingerprint density at radius 3 is 2.80 bits per heavy atom. The van der Waals surface area contributed by atoms with Gasteiger partial charge in [-0.25, -0.2) is 0 Å². The molecule has 0 heterocycles. The molecule has 0 fully saturated rings. The number of hydrogen-bond acceptors (Lipinski definition) is 3. The smallest absolute Gasteiger partial charge is 0.221 e. The van der Waals surface area contributed by atoms with Crippen LogP contribution in [0.4, 0.5) is 0 Å². The highest BCUT2D eigenvalue weighted by Gasteiger charge is 2.09. The summed E-state index contributed by atoms with van der Waals surface area (Å²) < 4.78 is 5.12. The van der Waals surface area contributed by atoms with Crippen LogP contribution < -0.4 is 5.32 Å². The molecule has 0 aromatic carbocycles. The lowest BCUT2D eigenvalue weighted by Crippen LogP contribution is -2.33. The van der Waals surface area contributed by atoms with Crippen LogP contribution in [0.2, 0.25) is 0 Å². The predicted octanol–water partition coefficient (Wildman–Crippen LogP) is 1.61. The van der Waals surface area contributed by atoms with Crippen LogP contribution in [0, 0.1) is 11.3 Å². The standard InChI is InChI=1S/C11H20N2O2/c1-3-6-10(9-12)13-11(14)7-5-8-15-4-2/h10H,3-8H2,1-2H3,(H,13,14). The highest BCUT2D eigenvalue weighted by atomic mass is 16.5. The molecule has 4 nitrogen and oxygen atoms in total. The predicted molar refractivity (Wildman–Crippen MR) is 58.2 cm³/mol. The molecule has 0 rings (SSSR count). The summed E-state index contributed by atoms with van der Waals surface area (Å²) in [5, 5.41) is 11.4. The fourth-order valence-corrected chi connectivity index (χ4v) is 1.20. The van der Waals surface area contributed by atoms with Crippen LogP contribution in [0.5, 0.6) is 0 Å². The lowest BCUT2D eigenvalue weighted by molar-refractivity contribution is -0.121. The normalized spacial score (nSPS) is 11.8. The van der Waals surface area contributed by atoms with E-state index in [1.54, 1.807) is 0 Å². The maximum atomic E-state index is 11.3. The van der Waals surface area contributed by atoms with Crippen LogP contribution >= 0.6 is 0 Å². The Hall–Kier alpha value is -1.08. The van der Waals surface area contributed by atoms with E-state index in [1.165, 1.54) is 0 Å². The molecule has 0 aromatic rings. The molecule has 0 radical (unpaired) electrons. The number of carbonyl (C=O) groups is 1. The summed E-state index contributed by atoms with van der Waals surface area (Å²) in [6.45, 7) is 5.20. The van der Waals surface area contributed by atoms with Gasteiger partial charge in [-0.15, -0.1) is 0 Å². The minimum Gasteiger partial charge on any atom is -0.382 e. The van der Waals surface area contributed by atoms with E-state index < -0.39 is 0 Å². The van der Waals surface area contributed by atoms with Crippen molar-refractivity contribution in [1.29, 1.82) is 5.26 Å². The van der Waals surface area contributed by atoms with Gasteiger partial charge in [0.1, 0.15) is 6.04 Å². The maximum absolute atomic E-state index is 11.3. The monoisotopic (exact) mass is 212 g/mol. The molecule has 0 aliphatic heterocycles. The SMILES string of the molecule is CCCC(C#N)NC(=O)CCCOCC. The van der Waals surface area contributed by atoms with Crippen molar-refractivity contribution in [3.05, 3.63) is 0 Å². The summed E-state index contributed by atoms with van der Waals surface area (Å²) in [5.74, 6) is -0.0605. The van der Waals surface area contributed by atoms with E-state index in [9.17, 15) is 4.79 Å². The number of carbonyl (C=O) groups excluding carboxylic acids is 1. The fourth-order valence-electron chi connectivity index (χ4n) is 1.20. The van der Waals surface area contributed by atoms with E-state index in [1.807, 2.05) is 13.8 Å². The third-order valence-corrected chi connectivity index (χ3v) is 1.97. The number of ether oxygens (including phenoxy) is 1. The van der Waals surface area contributed by atoms with Crippen LogP contribution in [0.1, 0.15) is 39.5 Å². The third-order valence-electron chi connectivity index (χ3n) is 1.97. The Bertz CT molecular complexity index is 211. The highest BCUT2D eigenvalue weighted by molar-refractivity contribution is 5.76. The average molecular weight is 212 g/mol. The van der Waals surface area contributed by atoms with Crippen LogP contribution in [-0.4, -0.2) is 25.2 Å². The lowest BCUT2D eigenvalue weighted by atomic mass is 10.2. The van der Waals surface area contributed by atoms with Crippen molar-refractivity contribution >= 4 is 5.91 Å². The van der Waals surface area contributed by atoms with Gasteiger partial charge >= 0.3 is 0 Å². The Balaban J connectivity index is 3.58. The Morgan fingerprint density at radius 2 is 2.27 bits per heavy atom. The number of hydrogen-bond donors (Lipinski definition) is 1. The molecule has 1 atom stereocenters. The zero-order valence-electron chi connectivity index (χ0n) is 9.58. The molecule has 15 heavy (non-hydrogen) atoms. The summed E-state index contributed by atoms with van der Waals surface area (Å²) >= 11 is 0. The van der Waals surface area contributed by atoms with Gasteiger partial charge in [-0.3, -0.25) is 4.79 Å². The maximum Gasteiger partial charge on any atom is 0.221 e. The zero-order chi connectivity index (χ0) is 11.5.